The number of carboxylic acid groups (broad SMARTS) is 1. The molecule has 3 atom stereocenters. The summed E-state index contributed by atoms with van der Waals surface area (Å²) in [4.78, 5) is 25.5. The topological polar surface area (TPSA) is 75.4 Å². The number of rotatable bonds is 4. The van der Waals surface area contributed by atoms with Crippen LogP contribution < -0.4 is 0 Å². The maximum atomic E-state index is 12.8. The van der Waals surface area contributed by atoms with Crippen molar-refractivity contribution in [2.75, 3.05) is 6.54 Å². The first-order chi connectivity index (χ1) is 11.4. The van der Waals surface area contributed by atoms with Crippen molar-refractivity contribution in [1.82, 2.24) is 14.7 Å². The summed E-state index contributed by atoms with van der Waals surface area (Å²) in [6.45, 7) is 5.52. The predicted molar refractivity (Wildman–Crippen MR) is 83.1 cm³/mol. The smallest absolute Gasteiger partial charge is 0.408 e. The predicted octanol–water partition coefficient (Wildman–Crippen LogP) is 2.49. The van der Waals surface area contributed by atoms with Crippen molar-refractivity contribution < 1.29 is 27.9 Å². The minimum Gasteiger partial charge on any atom is -0.481 e. The Kier molecular flexibility index (Phi) is 5.15. The fourth-order valence-electron chi connectivity index (χ4n) is 3.61. The van der Waals surface area contributed by atoms with E-state index in [1.165, 1.54) is 11.8 Å². The molecular formula is C16H22F3N3O3. The largest absolute Gasteiger partial charge is 0.481 e. The van der Waals surface area contributed by atoms with Gasteiger partial charge in [-0.05, 0) is 34.1 Å². The summed E-state index contributed by atoms with van der Waals surface area (Å²) in [6.07, 6.45) is -4.02. The summed E-state index contributed by atoms with van der Waals surface area (Å²) >= 11 is 0. The number of aryl methyl sites for hydroxylation is 1. The van der Waals surface area contributed by atoms with Gasteiger partial charge in [0.25, 0.3) is 0 Å². The first-order valence-electron chi connectivity index (χ1n) is 8.08. The highest BCUT2D eigenvalue weighted by Gasteiger charge is 2.40. The molecule has 9 heteroatoms. The molecule has 1 saturated heterocycles. The van der Waals surface area contributed by atoms with E-state index in [1.54, 1.807) is 20.8 Å². The number of carboxylic acids is 1. The van der Waals surface area contributed by atoms with Gasteiger partial charge in [-0.2, -0.15) is 18.3 Å². The highest BCUT2D eigenvalue weighted by Crippen LogP contribution is 2.31. The van der Waals surface area contributed by atoms with Crippen LogP contribution in [-0.2, 0) is 16.1 Å². The first kappa shape index (κ1) is 19.3. The number of aromatic nitrogens is 2. The van der Waals surface area contributed by atoms with E-state index < -0.39 is 36.6 Å². The number of hydrogen-bond donors (Lipinski definition) is 1. The molecule has 0 aromatic carbocycles. The molecule has 0 bridgehead atoms. The van der Waals surface area contributed by atoms with E-state index in [0.29, 0.717) is 29.9 Å². The van der Waals surface area contributed by atoms with Crippen molar-refractivity contribution >= 4 is 11.9 Å². The zero-order valence-corrected chi connectivity index (χ0v) is 14.6. The lowest BCUT2D eigenvalue weighted by atomic mass is 9.96. The van der Waals surface area contributed by atoms with E-state index in [9.17, 15) is 27.9 Å². The highest BCUT2D eigenvalue weighted by atomic mass is 19.4. The minimum atomic E-state index is -4.40. The van der Waals surface area contributed by atoms with Crippen molar-refractivity contribution in [2.24, 2.45) is 5.92 Å². The standard InChI is InChI=1S/C16H22F3N3O3/c1-8(14(23)21-6-5-12(10(21)3)15(24)25)13-9(2)20-22(11(13)4)7-16(17,18)19/h8,10,12H,5-7H2,1-4H3,(H,24,25). The van der Waals surface area contributed by atoms with Gasteiger partial charge in [-0.25, -0.2) is 0 Å². The molecule has 2 rings (SSSR count). The number of hydrogen-bond acceptors (Lipinski definition) is 3. The molecule has 1 aliphatic rings. The third-order valence-corrected chi connectivity index (χ3v) is 4.93. The second kappa shape index (κ2) is 6.68. The van der Waals surface area contributed by atoms with Crippen molar-refractivity contribution in [1.29, 1.82) is 0 Å². The van der Waals surface area contributed by atoms with Gasteiger partial charge in [0.1, 0.15) is 6.54 Å². The SMILES string of the molecule is Cc1nn(CC(F)(F)F)c(C)c1C(C)C(=O)N1CCC(C(=O)O)C1C. The molecule has 0 saturated carbocycles. The Morgan fingerprint density at radius 2 is 1.96 bits per heavy atom. The number of alkyl halides is 3. The number of amides is 1. The summed E-state index contributed by atoms with van der Waals surface area (Å²) in [5.41, 5.74) is 1.15. The molecular weight excluding hydrogens is 339 g/mol. The number of carbonyl (C=O) groups excluding carboxylic acids is 1. The second-order valence-corrected chi connectivity index (χ2v) is 6.58. The molecule has 1 fully saturated rings. The van der Waals surface area contributed by atoms with Gasteiger partial charge in [-0.3, -0.25) is 14.3 Å². The lowest BCUT2D eigenvalue weighted by molar-refractivity contribution is -0.144. The summed E-state index contributed by atoms with van der Waals surface area (Å²) in [5, 5.41) is 13.1. The molecule has 1 aliphatic heterocycles. The molecule has 0 radical (unpaired) electrons. The average Bonchev–Trinajstić information content (AvgIpc) is 2.97. The summed E-state index contributed by atoms with van der Waals surface area (Å²) in [5.74, 6) is -2.53. The summed E-state index contributed by atoms with van der Waals surface area (Å²) in [6, 6.07) is -0.446. The van der Waals surface area contributed by atoms with Crippen LogP contribution in [0.1, 0.15) is 43.1 Å². The van der Waals surface area contributed by atoms with Gasteiger partial charge in [0.05, 0.1) is 17.5 Å². The van der Waals surface area contributed by atoms with E-state index >= 15 is 0 Å². The number of likely N-dealkylation sites (tertiary alicyclic amines) is 1. The van der Waals surface area contributed by atoms with Crippen LogP contribution in [0.25, 0.3) is 0 Å². The van der Waals surface area contributed by atoms with Crippen LogP contribution in [0, 0.1) is 19.8 Å². The highest BCUT2D eigenvalue weighted by molar-refractivity contribution is 5.85. The van der Waals surface area contributed by atoms with Crippen molar-refractivity contribution in [3.05, 3.63) is 17.0 Å². The fraction of sp³-hybridized carbons (Fsp3) is 0.688. The third kappa shape index (κ3) is 3.80. The van der Waals surface area contributed by atoms with Crippen LogP contribution in [0.2, 0.25) is 0 Å². The molecule has 0 spiro atoms. The van der Waals surface area contributed by atoms with Crippen LogP contribution in [0.5, 0.6) is 0 Å². The van der Waals surface area contributed by atoms with Crippen molar-refractivity contribution in [3.8, 4) is 0 Å². The Bertz CT molecular complexity index is 684. The van der Waals surface area contributed by atoms with Gasteiger partial charge in [0, 0.05) is 23.8 Å². The van der Waals surface area contributed by atoms with Crippen LogP contribution in [-0.4, -0.2) is 50.4 Å². The monoisotopic (exact) mass is 361 g/mol. The first-order valence-corrected chi connectivity index (χ1v) is 8.08. The van der Waals surface area contributed by atoms with E-state index in [1.807, 2.05) is 0 Å². The van der Waals surface area contributed by atoms with Gasteiger partial charge in [-0.15, -0.1) is 0 Å². The fourth-order valence-corrected chi connectivity index (χ4v) is 3.61. The molecule has 25 heavy (non-hydrogen) atoms. The lowest BCUT2D eigenvalue weighted by Gasteiger charge is -2.26. The van der Waals surface area contributed by atoms with Crippen LogP contribution >= 0.6 is 0 Å². The summed E-state index contributed by atoms with van der Waals surface area (Å²) < 4.78 is 38.8. The van der Waals surface area contributed by atoms with Crippen LogP contribution in [0.3, 0.4) is 0 Å². The maximum Gasteiger partial charge on any atom is 0.408 e. The molecule has 1 amide bonds. The van der Waals surface area contributed by atoms with Crippen LogP contribution in [0.4, 0.5) is 13.2 Å². The average molecular weight is 361 g/mol. The number of nitrogens with zero attached hydrogens (tertiary/aromatic N) is 3. The molecule has 0 aliphatic carbocycles. The molecule has 2 heterocycles. The molecule has 1 aromatic heterocycles. The molecule has 1 aromatic rings. The van der Waals surface area contributed by atoms with Crippen molar-refractivity contribution in [2.45, 2.75) is 58.8 Å². The molecule has 1 N–H and O–H groups in total. The van der Waals surface area contributed by atoms with Crippen LogP contribution in [0.15, 0.2) is 0 Å². The van der Waals surface area contributed by atoms with Gasteiger partial charge >= 0.3 is 12.1 Å². The quantitative estimate of drug-likeness (QED) is 0.894. The Labute approximate surface area is 143 Å². The maximum absolute atomic E-state index is 12.8. The van der Waals surface area contributed by atoms with E-state index in [0.717, 1.165) is 4.68 Å². The minimum absolute atomic E-state index is 0.283. The van der Waals surface area contributed by atoms with E-state index in [2.05, 4.69) is 5.10 Å². The second-order valence-electron chi connectivity index (χ2n) is 6.58. The van der Waals surface area contributed by atoms with Gasteiger partial charge in [-0.1, -0.05) is 0 Å². The van der Waals surface area contributed by atoms with Crippen molar-refractivity contribution in [3.63, 3.8) is 0 Å². The number of carbonyl (C=O) groups is 2. The Hall–Kier alpha value is -2.06. The van der Waals surface area contributed by atoms with Gasteiger partial charge < -0.3 is 10.0 Å². The molecule has 6 nitrogen and oxygen atoms in total. The Morgan fingerprint density at radius 3 is 2.44 bits per heavy atom. The Balaban J connectivity index is 2.25. The lowest BCUT2D eigenvalue weighted by Crippen LogP contribution is -2.40. The summed E-state index contributed by atoms with van der Waals surface area (Å²) in [7, 11) is 0. The number of halogens is 3. The van der Waals surface area contributed by atoms with Gasteiger partial charge in [0.2, 0.25) is 5.91 Å². The zero-order valence-electron chi connectivity index (χ0n) is 14.6. The molecule has 140 valence electrons. The van der Waals surface area contributed by atoms with E-state index in [4.69, 9.17) is 0 Å². The van der Waals surface area contributed by atoms with E-state index in [-0.39, 0.29) is 5.91 Å². The zero-order chi connectivity index (χ0) is 19.1. The van der Waals surface area contributed by atoms with Gasteiger partial charge in [0.15, 0.2) is 0 Å². The molecule has 3 unspecified atom stereocenters. The third-order valence-electron chi connectivity index (χ3n) is 4.93. The Morgan fingerprint density at radius 1 is 1.36 bits per heavy atom. The number of aliphatic carboxylic acids is 1. The normalized spacial score (nSPS) is 22.3.